The Balaban J connectivity index is 1.44. The fourth-order valence-corrected chi connectivity index (χ4v) is 5.58. The first-order valence-electron chi connectivity index (χ1n) is 9.27. The predicted octanol–water partition coefficient (Wildman–Crippen LogP) is 3.46. The quantitative estimate of drug-likeness (QED) is 0.807. The van der Waals surface area contributed by atoms with Crippen LogP contribution in [-0.2, 0) is 0 Å². The van der Waals surface area contributed by atoms with Crippen LogP contribution in [0.3, 0.4) is 0 Å². The average Bonchev–Trinajstić information content (AvgIpc) is 2.50. The highest BCUT2D eigenvalue weighted by Crippen LogP contribution is 2.57. The van der Waals surface area contributed by atoms with E-state index in [1.165, 1.54) is 6.42 Å². The van der Waals surface area contributed by atoms with Crippen LogP contribution in [0.4, 0.5) is 0 Å². The zero-order valence-corrected chi connectivity index (χ0v) is 14.9. The van der Waals surface area contributed by atoms with Crippen LogP contribution in [0, 0.1) is 11.8 Å². The Morgan fingerprint density at radius 1 is 1.24 bits per heavy atom. The van der Waals surface area contributed by atoms with Crippen LogP contribution in [0.5, 0.6) is 5.75 Å². The Hall–Kier alpha value is -1.81. The van der Waals surface area contributed by atoms with Gasteiger partial charge in [0.25, 0.3) is 5.91 Å². The molecule has 1 aromatic carbocycles. The fourth-order valence-electron chi connectivity index (χ4n) is 5.58. The molecular weight excluding hydrogens is 314 g/mol. The number of hydrogen-bond acceptors (Lipinski definition) is 3. The van der Waals surface area contributed by atoms with E-state index >= 15 is 0 Å². The van der Waals surface area contributed by atoms with Gasteiger partial charge in [-0.25, -0.2) is 0 Å². The van der Waals surface area contributed by atoms with Crippen LogP contribution in [0.1, 0.15) is 55.8 Å². The van der Waals surface area contributed by atoms with Gasteiger partial charge in [0.05, 0.1) is 5.60 Å². The summed E-state index contributed by atoms with van der Waals surface area (Å²) < 4.78 is 5.59. The minimum absolute atomic E-state index is 0.0444. The minimum Gasteiger partial charge on any atom is -0.489 e. The standard InChI is InChI=1S/C21H27NO3/c1-14(2)12-25-18-5-3-17(4-6-18)19(23)22-20-8-15-7-16(9-20)11-21(24,10-15)13-20/h3-6,15-16,24H,1,7-13H2,2H3,(H,22,23). The van der Waals surface area contributed by atoms with Gasteiger partial charge in [0.2, 0.25) is 0 Å². The molecule has 0 heterocycles. The molecule has 4 aliphatic rings. The van der Waals surface area contributed by atoms with Gasteiger partial charge in [-0.15, -0.1) is 0 Å². The Labute approximate surface area is 149 Å². The van der Waals surface area contributed by atoms with E-state index in [1.54, 1.807) is 12.1 Å². The number of rotatable bonds is 5. The van der Waals surface area contributed by atoms with Crippen LogP contribution < -0.4 is 10.1 Å². The van der Waals surface area contributed by atoms with Crippen molar-refractivity contribution in [3.63, 3.8) is 0 Å². The van der Waals surface area contributed by atoms with Crippen molar-refractivity contribution in [1.82, 2.24) is 5.32 Å². The summed E-state index contributed by atoms with van der Waals surface area (Å²) in [5.74, 6) is 1.81. The molecule has 4 saturated carbocycles. The zero-order valence-electron chi connectivity index (χ0n) is 14.9. The van der Waals surface area contributed by atoms with Crippen molar-refractivity contribution in [3.8, 4) is 5.75 Å². The highest BCUT2D eigenvalue weighted by Gasteiger charge is 2.57. The summed E-state index contributed by atoms with van der Waals surface area (Å²) in [6.07, 6.45) is 5.77. The summed E-state index contributed by atoms with van der Waals surface area (Å²) in [6, 6.07) is 7.26. The lowest BCUT2D eigenvalue weighted by Crippen LogP contribution is -2.65. The molecule has 4 bridgehead atoms. The van der Waals surface area contributed by atoms with Crippen molar-refractivity contribution in [2.75, 3.05) is 6.61 Å². The lowest BCUT2D eigenvalue weighted by molar-refractivity contribution is -0.139. The van der Waals surface area contributed by atoms with Gasteiger partial charge in [-0.1, -0.05) is 6.58 Å². The molecule has 4 aliphatic carbocycles. The van der Waals surface area contributed by atoms with Crippen molar-refractivity contribution < 1.29 is 14.6 Å². The molecule has 2 unspecified atom stereocenters. The van der Waals surface area contributed by atoms with E-state index in [1.807, 2.05) is 19.1 Å². The van der Waals surface area contributed by atoms with E-state index < -0.39 is 5.60 Å². The molecule has 4 fully saturated rings. The second-order valence-electron chi connectivity index (χ2n) is 8.69. The van der Waals surface area contributed by atoms with E-state index in [0.717, 1.165) is 37.0 Å². The molecule has 2 atom stereocenters. The van der Waals surface area contributed by atoms with Crippen molar-refractivity contribution >= 4 is 5.91 Å². The molecule has 0 saturated heterocycles. The average molecular weight is 341 g/mol. The third kappa shape index (κ3) is 3.32. The second-order valence-corrected chi connectivity index (χ2v) is 8.69. The molecule has 4 nitrogen and oxygen atoms in total. The van der Waals surface area contributed by atoms with E-state index in [-0.39, 0.29) is 11.4 Å². The van der Waals surface area contributed by atoms with Crippen molar-refractivity contribution in [2.24, 2.45) is 11.8 Å². The first kappa shape index (κ1) is 16.6. The normalized spacial score (nSPS) is 35.4. The molecule has 4 heteroatoms. The Bertz CT molecular complexity index is 680. The zero-order chi connectivity index (χ0) is 17.7. The van der Waals surface area contributed by atoms with Gasteiger partial charge >= 0.3 is 0 Å². The van der Waals surface area contributed by atoms with Gasteiger partial charge in [-0.2, -0.15) is 0 Å². The highest BCUT2D eigenvalue weighted by atomic mass is 16.5. The monoisotopic (exact) mass is 341 g/mol. The number of hydrogen-bond donors (Lipinski definition) is 2. The fraction of sp³-hybridized carbons (Fsp3) is 0.571. The molecular formula is C21H27NO3. The summed E-state index contributed by atoms with van der Waals surface area (Å²) >= 11 is 0. The van der Waals surface area contributed by atoms with Crippen molar-refractivity contribution in [3.05, 3.63) is 42.0 Å². The molecule has 5 rings (SSSR count). The molecule has 25 heavy (non-hydrogen) atoms. The molecule has 0 radical (unpaired) electrons. The summed E-state index contributed by atoms with van der Waals surface area (Å²) in [7, 11) is 0. The number of benzene rings is 1. The lowest BCUT2D eigenvalue weighted by atomic mass is 9.51. The molecule has 0 spiro atoms. The summed E-state index contributed by atoms with van der Waals surface area (Å²) in [4.78, 5) is 12.8. The van der Waals surface area contributed by atoms with Crippen LogP contribution in [0.2, 0.25) is 0 Å². The number of nitrogens with one attached hydrogen (secondary N) is 1. The minimum atomic E-state index is -0.558. The number of carbonyl (C=O) groups excluding carboxylic acids is 1. The molecule has 1 amide bonds. The third-order valence-electron chi connectivity index (χ3n) is 6.01. The van der Waals surface area contributed by atoms with Crippen molar-refractivity contribution in [2.45, 2.75) is 56.6 Å². The maximum atomic E-state index is 12.8. The van der Waals surface area contributed by atoms with Gasteiger partial charge in [-0.3, -0.25) is 4.79 Å². The van der Waals surface area contributed by atoms with Crippen LogP contribution in [-0.4, -0.2) is 28.8 Å². The molecule has 2 N–H and O–H groups in total. The molecule has 0 aromatic heterocycles. The number of carbonyl (C=O) groups is 1. The van der Waals surface area contributed by atoms with Gasteiger partial charge in [-0.05, 0) is 87.1 Å². The second kappa shape index (κ2) is 5.87. The summed E-state index contributed by atoms with van der Waals surface area (Å²) in [5, 5.41) is 14.1. The van der Waals surface area contributed by atoms with Gasteiger partial charge < -0.3 is 15.2 Å². The van der Waals surface area contributed by atoms with Crippen molar-refractivity contribution in [1.29, 1.82) is 0 Å². The summed E-state index contributed by atoms with van der Waals surface area (Å²) in [6.45, 7) is 6.22. The highest BCUT2D eigenvalue weighted by molar-refractivity contribution is 5.94. The summed E-state index contributed by atoms with van der Waals surface area (Å²) in [5.41, 5.74) is 0.829. The first-order chi connectivity index (χ1) is 11.8. The van der Waals surface area contributed by atoms with Gasteiger partial charge in [0.15, 0.2) is 0 Å². The van der Waals surface area contributed by atoms with Gasteiger partial charge in [0, 0.05) is 11.1 Å². The molecule has 134 valence electrons. The maximum Gasteiger partial charge on any atom is 0.251 e. The number of aliphatic hydroxyl groups is 1. The van der Waals surface area contributed by atoms with E-state index in [9.17, 15) is 9.90 Å². The van der Waals surface area contributed by atoms with Crippen LogP contribution >= 0.6 is 0 Å². The van der Waals surface area contributed by atoms with E-state index in [0.29, 0.717) is 30.4 Å². The Morgan fingerprint density at radius 2 is 1.88 bits per heavy atom. The molecule has 0 aliphatic heterocycles. The lowest BCUT2D eigenvalue weighted by Gasteiger charge is -2.60. The Morgan fingerprint density at radius 3 is 2.44 bits per heavy atom. The van der Waals surface area contributed by atoms with Gasteiger partial charge in [0.1, 0.15) is 12.4 Å². The Kier molecular flexibility index (Phi) is 3.91. The van der Waals surface area contributed by atoms with Crippen LogP contribution in [0.25, 0.3) is 0 Å². The number of ether oxygens (including phenoxy) is 1. The van der Waals surface area contributed by atoms with Crippen LogP contribution in [0.15, 0.2) is 36.4 Å². The third-order valence-corrected chi connectivity index (χ3v) is 6.01. The smallest absolute Gasteiger partial charge is 0.251 e. The first-order valence-corrected chi connectivity index (χ1v) is 9.27. The molecule has 1 aromatic rings. The largest absolute Gasteiger partial charge is 0.489 e. The topological polar surface area (TPSA) is 58.6 Å². The SMILES string of the molecule is C=C(C)COc1ccc(C(=O)NC23CC4CC(CC(O)(C4)C2)C3)cc1. The number of amides is 1. The van der Waals surface area contributed by atoms with E-state index in [4.69, 9.17) is 4.74 Å². The maximum absolute atomic E-state index is 12.8. The predicted molar refractivity (Wildman–Crippen MR) is 96.6 cm³/mol. The van der Waals surface area contributed by atoms with E-state index in [2.05, 4.69) is 11.9 Å².